The number of benzene rings is 1. The molecule has 98 valence electrons. The molecule has 0 radical (unpaired) electrons. The molecule has 0 heterocycles. The van der Waals surface area contributed by atoms with E-state index in [1.165, 1.54) is 31.0 Å². The summed E-state index contributed by atoms with van der Waals surface area (Å²) in [5.41, 5.74) is 5.71. The number of halogens is 1. The van der Waals surface area contributed by atoms with Gasteiger partial charge in [-0.25, -0.2) is 4.39 Å². The first-order chi connectivity index (χ1) is 8.58. The monoisotopic (exact) mass is 251 g/mol. The molecule has 1 aromatic rings. The summed E-state index contributed by atoms with van der Waals surface area (Å²) in [5.74, 6) is -0.129. The van der Waals surface area contributed by atoms with E-state index in [0.717, 1.165) is 6.54 Å². The molecule has 0 saturated heterocycles. The summed E-state index contributed by atoms with van der Waals surface area (Å²) in [5, 5.41) is 7.39. The van der Waals surface area contributed by atoms with Crippen molar-refractivity contribution in [1.29, 1.82) is 5.41 Å². The predicted octanol–water partition coefficient (Wildman–Crippen LogP) is 1.58. The molecule has 1 aliphatic rings. The van der Waals surface area contributed by atoms with Gasteiger partial charge < -0.3 is 15.4 Å². The van der Waals surface area contributed by atoms with Crippen molar-refractivity contribution in [1.82, 2.24) is 4.90 Å². The third kappa shape index (κ3) is 3.20. The molecular weight excluding hydrogens is 233 g/mol. The van der Waals surface area contributed by atoms with Crippen LogP contribution in [-0.4, -0.2) is 37.0 Å². The van der Waals surface area contributed by atoms with Gasteiger partial charge in [-0.2, -0.15) is 0 Å². The van der Waals surface area contributed by atoms with Crippen molar-refractivity contribution in [3.8, 4) is 5.75 Å². The summed E-state index contributed by atoms with van der Waals surface area (Å²) in [7, 11) is 2.07. The van der Waals surface area contributed by atoms with Crippen LogP contribution in [0, 0.1) is 11.2 Å². The highest BCUT2D eigenvalue weighted by Gasteiger charge is 2.25. The van der Waals surface area contributed by atoms with Crippen molar-refractivity contribution in [2.24, 2.45) is 5.73 Å². The summed E-state index contributed by atoms with van der Waals surface area (Å²) in [6, 6.07) is 4.74. The molecule has 1 aromatic carbocycles. The first-order valence-corrected chi connectivity index (χ1v) is 6.05. The average Bonchev–Trinajstić information content (AvgIpc) is 3.14. The molecule has 0 atom stereocenters. The number of hydrogen-bond acceptors (Lipinski definition) is 3. The van der Waals surface area contributed by atoms with Gasteiger partial charge in [-0.15, -0.1) is 0 Å². The van der Waals surface area contributed by atoms with E-state index in [0.29, 0.717) is 24.0 Å². The Morgan fingerprint density at radius 3 is 2.89 bits per heavy atom. The van der Waals surface area contributed by atoms with Crippen LogP contribution in [0.3, 0.4) is 0 Å². The van der Waals surface area contributed by atoms with Crippen LogP contribution in [0.4, 0.5) is 4.39 Å². The van der Waals surface area contributed by atoms with Gasteiger partial charge in [-0.3, -0.25) is 5.41 Å². The molecule has 1 fully saturated rings. The maximum Gasteiger partial charge on any atom is 0.130 e. The highest BCUT2D eigenvalue weighted by Crippen LogP contribution is 2.25. The Balaban J connectivity index is 1.93. The van der Waals surface area contributed by atoms with Crippen molar-refractivity contribution >= 4 is 5.84 Å². The summed E-state index contributed by atoms with van der Waals surface area (Å²) >= 11 is 0. The third-order valence-corrected chi connectivity index (χ3v) is 3.10. The number of hydrogen-bond donors (Lipinski definition) is 2. The lowest BCUT2D eigenvalue weighted by molar-refractivity contribution is 0.231. The van der Waals surface area contributed by atoms with E-state index in [1.807, 2.05) is 0 Å². The largest absolute Gasteiger partial charge is 0.491 e. The van der Waals surface area contributed by atoms with E-state index in [-0.39, 0.29) is 5.84 Å². The van der Waals surface area contributed by atoms with Crippen LogP contribution in [-0.2, 0) is 0 Å². The van der Waals surface area contributed by atoms with Gasteiger partial charge >= 0.3 is 0 Å². The van der Waals surface area contributed by atoms with Crippen LogP contribution in [0.25, 0.3) is 0 Å². The normalized spacial score (nSPS) is 14.8. The Morgan fingerprint density at radius 1 is 1.56 bits per heavy atom. The van der Waals surface area contributed by atoms with Gasteiger partial charge in [-0.05, 0) is 38.1 Å². The number of likely N-dealkylation sites (N-methyl/N-ethyl adjacent to an activating group) is 1. The summed E-state index contributed by atoms with van der Waals surface area (Å²) < 4.78 is 18.6. The van der Waals surface area contributed by atoms with E-state index < -0.39 is 5.82 Å². The topological polar surface area (TPSA) is 62.3 Å². The minimum Gasteiger partial charge on any atom is -0.491 e. The SMILES string of the molecule is CN(CCOc1ccc(F)cc1C(=N)N)C1CC1. The second-order valence-corrected chi connectivity index (χ2v) is 4.61. The summed E-state index contributed by atoms with van der Waals surface area (Å²) in [4.78, 5) is 2.25. The van der Waals surface area contributed by atoms with Gasteiger partial charge in [-0.1, -0.05) is 0 Å². The van der Waals surface area contributed by atoms with Crippen molar-refractivity contribution in [3.63, 3.8) is 0 Å². The molecule has 0 amide bonds. The molecule has 0 aliphatic heterocycles. The predicted molar refractivity (Wildman–Crippen MR) is 68.6 cm³/mol. The van der Waals surface area contributed by atoms with E-state index in [4.69, 9.17) is 15.9 Å². The first-order valence-electron chi connectivity index (χ1n) is 6.05. The second kappa shape index (κ2) is 5.35. The maximum atomic E-state index is 13.1. The zero-order chi connectivity index (χ0) is 13.1. The van der Waals surface area contributed by atoms with E-state index in [2.05, 4.69) is 11.9 Å². The number of nitrogen functional groups attached to an aromatic ring is 1. The maximum absolute atomic E-state index is 13.1. The summed E-state index contributed by atoms with van der Waals surface area (Å²) in [6.07, 6.45) is 2.51. The van der Waals surface area contributed by atoms with E-state index >= 15 is 0 Å². The van der Waals surface area contributed by atoms with E-state index in [1.54, 1.807) is 0 Å². The molecule has 18 heavy (non-hydrogen) atoms. The molecule has 0 unspecified atom stereocenters. The Bertz CT molecular complexity index is 446. The average molecular weight is 251 g/mol. The van der Waals surface area contributed by atoms with Crippen LogP contribution in [0.5, 0.6) is 5.75 Å². The van der Waals surface area contributed by atoms with Crippen molar-refractivity contribution < 1.29 is 9.13 Å². The molecule has 2 rings (SSSR count). The lowest BCUT2D eigenvalue weighted by Gasteiger charge is -2.17. The Kier molecular flexibility index (Phi) is 3.81. The quantitative estimate of drug-likeness (QED) is 0.596. The Morgan fingerprint density at radius 2 is 2.28 bits per heavy atom. The number of nitrogens with zero attached hydrogens (tertiary/aromatic N) is 1. The third-order valence-electron chi connectivity index (χ3n) is 3.10. The fraction of sp³-hybridized carbons (Fsp3) is 0.462. The highest BCUT2D eigenvalue weighted by atomic mass is 19.1. The van der Waals surface area contributed by atoms with Gasteiger partial charge in [0.05, 0.1) is 5.56 Å². The fourth-order valence-electron chi connectivity index (χ4n) is 1.84. The zero-order valence-electron chi connectivity index (χ0n) is 10.4. The molecule has 1 saturated carbocycles. The summed E-state index contributed by atoms with van der Waals surface area (Å²) in [6.45, 7) is 1.33. The zero-order valence-corrected chi connectivity index (χ0v) is 10.4. The fourth-order valence-corrected chi connectivity index (χ4v) is 1.84. The van der Waals surface area contributed by atoms with Crippen molar-refractivity contribution in [2.45, 2.75) is 18.9 Å². The molecule has 4 nitrogen and oxygen atoms in total. The number of nitrogens with two attached hydrogens (primary N) is 1. The first kappa shape index (κ1) is 12.8. The van der Waals surface area contributed by atoms with Gasteiger partial charge in [0, 0.05) is 12.6 Å². The molecular formula is C13H18FN3O. The van der Waals surface area contributed by atoms with E-state index in [9.17, 15) is 4.39 Å². The van der Waals surface area contributed by atoms with Crippen molar-refractivity contribution in [3.05, 3.63) is 29.6 Å². The molecule has 3 N–H and O–H groups in total. The van der Waals surface area contributed by atoms with Gasteiger partial charge in [0.25, 0.3) is 0 Å². The molecule has 0 spiro atoms. The lowest BCUT2D eigenvalue weighted by Crippen LogP contribution is -2.26. The standard InChI is InChI=1S/C13H18FN3O/c1-17(10-3-4-10)6-7-18-12-5-2-9(14)8-11(12)13(15)16/h2,5,8,10H,3-4,6-7H2,1H3,(H3,15,16). The molecule has 1 aliphatic carbocycles. The van der Waals surface area contributed by atoms with Crippen LogP contribution in [0.2, 0.25) is 0 Å². The van der Waals surface area contributed by atoms with Gasteiger partial charge in [0.15, 0.2) is 0 Å². The van der Waals surface area contributed by atoms with Crippen molar-refractivity contribution in [2.75, 3.05) is 20.2 Å². The lowest BCUT2D eigenvalue weighted by atomic mass is 10.2. The number of rotatable bonds is 6. The Labute approximate surface area is 106 Å². The number of nitrogens with one attached hydrogen (secondary N) is 1. The Hall–Kier alpha value is -1.62. The molecule has 0 bridgehead atoms. The minimum absolute atomic E-state index is 0.181. The van der Waals surface area contributed by atoms with Crippen LogP contribution < -0.4 is 10.5 Å². The van der Waals surface area contributed by atoms with Gasteiger partial charge in [0.2, 0.25) is 0 Å². The van der Waals surface area contributed by atoms with Crippen LogP contribution in [0.15, 0.2) is 18.2 Å². The smallest absolute Gasteiger partial charge is 0.130 e. The molecule has 5 heteroatoms. The van der Waals surface area contributed by atoms with Gasteiger partial charge in [0.1, 0.15) is 24.0 Å². The minimum atomic E-state index is -0.414. The molecule has 0 aromatic heterocycles. The van der Waals surface area contributed by atoms with Crippen LogP contribution in [0.1, 0.15) is 18.4 Å². The van der Waals surface area contributed by atoms with Crippen LogP contribution >= 0.6 is 0 Å². The number of amidine groups is 1. The number of ether oxygens (including phenoxy) is 1. The second-order valence-electron chi connectivity index (χ2n) is 4.61. The highest BCUT2D eigenvalue weighted by molar-refractivity contribution is 5.97.